The minimum absolute atomic E-state index is 0.00817. The van der Waals surface area contributed by atoms with Crippen LogP contribution in [0.1, 0.15) is 12.5 Å². The van der Waals surface area contributed by atoms with E-state index in [1.807, 2.05) is 24.3 Å². The molecule has 0 radical (unpaired) electrons. The molecule has 18 heavy (non-hydrogen) atoms. The summed E-state index contributed by atoms with van der Waals surface area (Å²) < 4.78 is 11.5. The van der Waals surface area contributed by atoms with Gasteiger partial charge in [-0.2, -0.15) is 0 Å². The van der Waals surface area contributed by atoms with E-state index in [9.17, 15) is 4.79 Å². The van der Waals surface area contributed by atoms with E-state index in [-0.39, 0.29) is 12.4 Å². The molecule has 100 valence electrons. The average Bonchev–Trinajstić information content (AvgIpc) is 2.34. The Hall–Kier alpha value is -0.230. The molecular weight excluding hydrogens is 364 g/mol. The van der Waals surface area contributed by atoms with Crippen molar-refractivity contribution in [3.8, 4) is 0 Å². The van der Waals surface area contributed by atoms with Crippen molar-refractivity contribution in [2.75, 3.05) is 20.8 Å². The molecule has 0 fully saturated rings. The predicted molar refractivity (Wildman–Crippen MR) is 78.1 cm³/mol. The number of benzene rings is 1. The van der Waals surface area contributed by atoms with Crippen molar-refractivity contribution in [1.29, 1.82) is 0 Å². The largest absolute Gasteiger partial charge is 0.383 e. The van der Waals surface area contributed by atoms with E-state index in [0.717, 1.165) is 10.0 Å². The number of ether oxygens (including phenoxy) is 2. The molecule has 1 aromatic carbocycles. The fourth-order valence-electron chi connectivity index (χ4n) is 1.94. The van der Waals surface area contributed by atoms with Gasteiger partial charge in [-0.3, -0.25) is 4.79 Å². The molecule has 0 aliphatic carbocycles. The highest BCUT2D eigenvalue weighted by Gasteiger charge is 2.44. The number of hydrogen-bond acceptors (Lipinski definition) is 3. The molecule has 0 saturated heterocycles. The van der Waals surface area contributed by atoms with Gasteiger partial charge in [0, 0.05) is 18.7 Å². The van der Waals surface area contributed by atoms with Gasteiger partial charge < -0.3 is 9.47 Å². The molecule has 0 amide bonds. The number of methoxy groups -OCH3 is 2. The number of ketones is 1. The van der Waals surface area contributed by atoms with E-state index in [1.54, 1.807) is 21.1 Å². The summed E-state index contributed by atoms with van der Waals surface area (Å²) >= 11 is 6.84. The first-order valence-corrected chi connectivity index (χ1v) is 7.12. The molecule has 5 heteroatoms. The van der Waals surface area contributed by atoms with Crippen LogP contribution in [0, 0.1) is 0 Å². The molecule has 0 aliphatic rings. The van der Waals surface area contributed by atoms with Gasteiger partial charge in [-0.05, 0) is 24.6 Å². The van der Waals surface area contributed by atoms with Gasteiger partial charge in [0.1, 0.15) is 16.2 Å². The third kappa shape index (κ3) is 3.02. The average molecular weight is 380 g/mol. The number of Topliss-reactive ketones (excluding diaryl/α,β-unsaturated/α-hetero) is 1. The molecule has 0 saturated carbocycles. The van der Waals surface area contributed by atoms with E-state index < -0.39 is 10.4 Å². The molecule has 0 spiro atoms. The first-order valence-electron chi connectivity index (χ1n) is 5.42. The summed E-state index contributed by atoms with van der Waals surface area (Å²) in [6, 6.07) is 7.62. The van der Waals surface area contributed by atoms with Crippen LogP contribution in [-0.2, 0) is 19.7 Å². The van der Waals surface area contributed by atoms with E-state index in [2.05, 4.69) is 31.9 Å². The Morgan fingerprint density at radius 3 is 2.56 bits per heavy atom. The highest BCUT2D eigenvalue weighted by Crippen LogP contribution is 2.35. The molecule has 3 nitrogen and oxygen atoms in total. The molecule has 0 aliphatic heterocycles. The quantitative estimate of drug-likeness (QED) is 0.711. The lowest BCUT2D eigenvalue weighted by Gasteiger charge is -2.34. The summed E-state index contributed by atoms with van der Waals surface area (Å²) in [5.41, 5.74) is 0.00255. The zero-order valence-electron chi connectivity index (χ0n) is 10.6. The number of alkyl halides is 1. The number of rotatable bonds is 6. The van der Waals surface area contributed by atoms with Crippen molar-refractivity contribution in [3.05, 3.63) is 34.3 Å². The second-order valence-electron chi connectivity index (χ2n) is 4.02. The van der Waals surface area contributed by atoms with Crippen LogP contribution in [-0.4, -0.2) is 31.6 Å². The van der Waals surface area contributed by atoms with Crippen LogP contribution < -0.4 is 0 Å². The lowest BCUT2D eigenvalue weighted by molar-refractivity contribution is -0.127. The van der Waals surface area contributed by atoms with Gasteiger partial charge in [-0.15, -0.1) is 0 Å². The summed E-state index contributed by atoms with van der Waals surface area (Å²) in [6.07, 6.45) is 0. The summed E-state index contributed by atoms with van der Waals surface area (Å²) in [6.45, 7) is 1.80. The van der Waals surface area contributed by atoms with Gasteiger partial charge in [0.25, 0.3) is 0 Å². The predicted octanol–water partition coefficient (Wildman–Crippen LogP) is 3.29. The van der Waals surface area contributed by atoms with E-state index in [0.29, 0.717) is 0 Å². The third-order valence-corrected chi connectivity index (χ3v) is 4.58. The molecule has 2 atom stereocenters. The van der Waals surface area contributed by atoms with Crippen molar-refractivity contribution in [3.63, 3.8) is 0 Å². The van der Waals surface area contributed by atoms with Crippen LogP contribution in [0.2, 0.25) is 0 Å². The molecule has 0 bridgehead atoms. The Balaban J connectivity index is 3.38. The third-order valence-electron chi connectivity index (χ3n) is 2.93. The maximum atomic E-state index is 12.2. The van der Waals surface area contributed by atoms with Crippen LogP contribution >= 0.6 is 31.9 Å². The van der Waals surface area contributed by atoms with Crippen molar-refractivity contribution < 1.29 is 14.3 Å². The van der Waals surface area contributed by atoms with Crippen molar-refractivity contribution in [2.24, 2.45) is 0 Å². The number of halogens is 2. The summed E-state index contributed by atoms with van der Waals surface area (Å²) in [4.78, 5) is 12.2. The molecule has 1 rings (SSSR count). The van der Waals surface area contributed by atoms with E-state index in [4.69, 9.17) is 9.47 Å². The number of carbonyl (C=O) groups is 1. The van der Waals surface area contributed by atoms with Crippen LogP contribution in [0.5, 0.6) is 0 Å². The van der Waals surface area contributed by atoms with Gasteiger partial charge >= 0.3 is 0 Å². The summed E-state index contributed by atoms with van der Waals surface area (Å²) in [5, 5.41) is -0.447. The first-order chi connectivity index (χ1) is 8.48. The van der Waals surface area contributed by atoms with E-state index >= 15 is 0 Å². The van der Waals surface area contributed by atoms with Gasteiger partial charge in [-0.25, -0.2) is 0 Å². The smallest absolute Gasteiger partial charge is 0.146 e. The molecule has 2 unspecified atom stereocenters. The Morgan fingerprint density at radius 2 is 2.11 bits per heavy atom. The number of hydrogen-bond donors (Lipinski definition) is 0. The topological polar surface area (TPSA) is 35.5 Å². The monoisotopic (exact) mass is 378 g/mol. The summed E-state index contributed by atoms with van der Waals surface area (Å²) in [7, 11) is 3.13. The molecule has 0 heterocycles. The Morgan fingerprint density at radius 1 is 1.44 bits per heavy atom. The summed E-state index contributed by atoms with van der Waals surface area (Å²) in [5.74, 6) is -0.00817. The van der Waals surface area contributed by atoms with Crippen LogP contribution in [0.4, 0.5) is 0 Å². The normalized spacial score (nSPS) is 16.1. The molecular formula is C13H16Br2O3. The maximum absolute atomic E-state index is 12.2. The zero-order chi connectivity index (χ0) is 13.8. The van der Waals surface area contributed by atoms with E-state index in [1.165, 1.54) is 0 Å². The Bertz CT molecular complexity index is 422. The highest BCUT2D eigenvalue weighted by atomic mass is 79.9. The van der Waals surface area contributed by atoms with Crippen LogP contribution in [0.3, 0.4) is 0 Å². The van der Waals surface area contributed by atoms with Crippen LogP contribution in [0.25, 0.3) is 0 Å². The van der Waals surface area contributed by atoms with Crippen molar-refractivity contribution >= 4 is 37.6 Å². The molecule has 1 aromatic rings. The minimum atomic E-state index is -0.854. The highest BCUT2D eigenvalue weighted by molar-refractivity contribution is 9.10. The second-order valence-corrected chi connectivity index (χ2v) is 5.77. The lowest BCUT2D eigenvalue weighted by Crippen LogP contribution is -2.47. The zero-order valence-corrected chi connectivity index (χ0v) is 13.7. The fraction of sp³-hybridized carbons (Fsp3) is 0.462. The van der Waals surface area contributed by atoms with Gasteiger partial charge in [0.15, 0.2) is 0 Å². The Kier molecular flexibility index (Phi) is 5.98. The lowest BCUT2D eigenvalue weighted by atomic mass is 9.78. The second kappa shape index (κ2) is 6.80. The SMILES string of the molecule is COCC(C(C)=O)(c1cccc(Br)c1)C(Br)OC. The molecule has 0 aromatic heterocycles. The fourth-order valence-corrected chi connectivity index (χ4v) is 3.06. The van der Waals surface area contributed by atoms with Gasteiger partial charge in [0.05, 0.1) is 6.61 Å². The van der Waals surface area contributed by atoms with Gasteiger partial charge in [0.2, 0.25) is 0 Å². The van der Waals surface area contributed by atoms with Crippen LogP contribution in [0.15, 0.2) is 28.7 Å². The van der Waals surface area contributed by atoms with Gasteiger partial charge in [-0.1, -0.05) is 44.0 Å². The standard InChI is InChI=1S/C13H16Br2O3/c1-9(16)13(8-17-2,12(15)18-3)10-5-4-6-11(14)7-10/h4-7,12H,8H2,1-3H3. The number of carbonyl (C=O) groups excluding carboxylic acids is 1. The minimum Gasteiger partial charge on any atom is -0.383 e. The van der Waals surface area contributed by atoms with Crippen molar-refractivity contribution in [1.82, 2.24) is 0 Å². The van der Waals surface area contributed by atoms with Crippen molar-refractivity contribution in [2.45, 2.75) is 17.4 Å². The molecule has 0 N–H and O–H groups in total. The first kappa shape index (κ1) is 15.8. The Labute approximate surface area is 124 Å². The maximum Gasteiger partial charge on any atom is 0.146 e.